The van der Waals surface area contributed by atoms with Gasteiger partial charge >= 0.3 is 0 Å². The minimum atomic E-state index is -2.84. The van der Waals surface area contributed by atoms with Gasteiger partial charge in [-0.05, 0) is 50.1 Å². The second kappa shape index (κ2) is 17.0. The molecule has 1 aliphatic carbocycles. The Kier molecular flexibility index (Phi) is 15.3. The number of likely N-dealkylation sites (tertiary alicyclic amines) is 1. The van der Waals surface area contributed by atoms with Crippen LogP contribution in [-0.2, 0) is 6.42 Å². The van der Waals surface area contributed by atoms with E-state index >= 15 is 4.39 Å². The van der Waals surface area contributed by atoms with E-state index in [2.05, 4.69) is 25.1 Å². The zero-order chi connectivity index (χ0) is 28.8. The summed E-state index contributed by atoms with van der Waals surface area (Å²) < 4.78 is 46.3. The van der Waals surface area contributed by atoms with Gasteiger partial charge in [0.2, 0.25) is 0 Å². The van der Waals surface area contributed by atoms with Crippen LogP contribution in [0.15, 0.2) is 61.2 Å². The molecule has 0 radical (unpaired) electrons. The molecule has 1 saturated heterocycles. The summed E-state index contributed by atoms with van der Waals surface area (Å²) in [6.07, 6.45) is 9.21. The van der Waals surface area contributed by atoms with E-state index in [0.717, 1.165) is 24.8 Å². The maximum atomic E-state index is 15.0. The van der Waals surface area contributed by atoms with Crippen LogP contribution in [0, 0.1) is 5.82 Å². The molecule has 214 valence electrons. The molecule has 2 aromatic rings. The molecule has 2 N–H and O–H groups in total. The number of likely N-dealkylation sites (N-methyl/N-ethyl adjacent to an activating group) is 1. The van der Waals surface area contributed by atoms with E-state index < -0.39 is 23.6 Å². The number of hydrogen-bond donors (Lipinski definition) is 2. The molecule has 1 heterocycles. The summed E-state index contributed by atoms with van der Waals surface area (Å²) in [5, 5.41) is 9.10. The van der Waals surface area contributed by atoms with Crippen molar-refractivity contribution in [3.63, 3.8) is 0 Å². The van der Waals surface area contributed by atoms with Crippen LogP contribution in [0.5, 0.6) is 0 Å². The van der Waals surface area contributed by atoms with Crippen LogP contribution in [0.1, 0.15) is 65.4 Å². The SMILES string of the molecule is C=CC1(O)CCC1.CC.CCCC.CSNC1C(Cc2cccc(-c3ccccc3)c2F)N(C)CC1(F)F. The van der Waals surface area contributed by atoms with E-state index in [-0.39, 0.29) is 18.8 Å². The van der Waals surface area contributed by atoms with Gasteiger partial charge < -0.3 is 5.11 Å². The summed E-state index contributed by atoms with van der Waals surface area (Å²) in [6, 6.07) is 13.0. The number of rotatable bonds is 7. The largest absolute Gasteiger partial charge is 0.386 e. The fourth-order valence-electron chi connectivity index (χ4n) is 4.20. The van der Waals surface area contributed by atoms with Gasteiger partial charge in [-0.15, -0.1) is 6.58 Å². The van der Waals surface area contributed by atoms with Gasteiger partial charge in [0.15, 0.2) is 0 Å². The molecule has 3 nitrogen and oxygen atoms in total. The van der Waals surface area contributed by atoms with Crippen LogP contribution in [-0.4, -0.2) is 53.5 Å². The highest BCUT2D eigenvalue weighted by molar-refractivity contribution is 7.96. The first-order valence-corrected chi connectivity index (χ1v) is 14.9. The zero-order valence-electron chi connectivity index (χ0n) is 23.9. The van der Waals surface area contributed by atoms with Gasteiger partial charge in [-0.2, -0.15) is 0 Å². The quantitative estimate of drug-likeness (QED) is 0.268. The predicted octanol–water partition coefficient (Wildman–Crippen LogP) is 8.14. The van der Waals surface area contributed by atoms with Crippen LogP contribution in [0.4, 0.5) is 13.2 Å². The first-order chi connectivity index (χ1) is 18.1. The van der Waals surface area contributed by atoms with E-state index in [0.29, 0.717) is 11.1 Å². The lowest BCUT2D eigenvalue weighted by atomic mass is 9.81. The Bertz CT molecular complexity index is 936. The van der Waals surface area contributed by atoms with Gasteiger partial charge in [0.05, 0.1) is 18.2 Å². The summed E-state index contributed by atoms with van der Waals surface area (Å²) in [4.78, 5) is 1.61. The van der Waals surface area contributed by atoms with Gasteiger partial charge in [0.1, 0.15) is 5.82 Å². The molecule has 7 heteroatoms. The molecule has 0 aromatic heterocycles. The lowest BCUT2D eigenvalue weighted by Gasteiger charge is -2.32. The lowest BCUT2D eigenvalue weighted by Crippen LogP contribution is -2.46. The molecular formula is C31H47F3N2OS. The van der Waals surface area contributed by atoms with E-state index in [9.17, 15) is 8.78 Å². The number of hydrogen-bond acceptors (Lipinski definition) is 4. The third-order valence-corrected chi connectivity index (χ3v) is 7.29. The lowest BCUT2D eigenvalue weighted by molar-refractivity contribution is -0.00424. The van der Waals surface area contributed by atoms with Gasteiger partial charge in [-0.3, -0.25) is 9.62 Å². The Morgan fingerprint density at radius 2 is 1.68 bits per heavy atom. The van der Waals surface area contributed by atoms with Crippen LogP contribution in [0.3, 0.4) is 0 Å². The van der Waals surface area contributed by atoms with Crippen molar-refractivity contribution in [2.75, 3.05) is 19.8 Å². The molecule has 0 amide bonds. The topological polar surface area (TPSA) is 35.5 Å². The van der Waals surface area contributed by atoms with Crippen molar-refractivity contribution < 1.29 is 18.3 Å². The normalized spacial score (nSPS) is 20.9. The van der Waals surface area contributed by atoms with Crippen molar-refractivity contribution in [3.05, 3.63) is 72.6 Å². The zero-order valence-corrected chi connectivity index (χ0v) is 24.8. The van der Waals surface area contributed by atoms with E-state index in [4.69, 9.17) is 5.11 Å². The van der Waals surface area contributed by atoms with Crippen molar-refractivity contribution >= 4 is 11.9 Å². The van der Waals surface area contributed by atoms with Crippen LogP contribution in [0.25, 0.3) is 11.1 Å². The van der Waals surface area contributed by atoms with Gasteiger partial charge in [0, 0.05) is 11.6 Å². The average Bonchev–Trinajstić information content (AvgIpc) is 3.13. The molecule has 0 bridgehead atoms. The Hall–Kier alpha value is -1.80. The standard InChI is InChI=1S/C19H21F3N2S.C6H10O.C4H10.C2H6/c1-24-12-19(21,22)18(23-25-2)16(24)11-14-9-6-10-15(17(14)20)13-7-4-3-5-8-13;1-2-6(7)4-3-5-6;1-3-4-2;1-2/h3-10,16,18,23H,11-12H2,1-2H3;2,7H,1,3-5H2;3-4H2,1-2H3;1-2H3. The molecule has 2 aliphatic rings. The van der Waals surface area contributed by atoms with Gasteiger partial charge in [0.25, 0.3) is 5.92 Å². The first kappa shape index (κ1) is 34.2. The molecule has 38 heavy (non-hydrogen) atoms. The fraction of sp³-hybridized carbons (Fsp3) is 0.548. The Labute approximate surface area is 233 Å². The van der Waals surface area contributed by atoms with Crippen molar-refractivity contribution in [2.24, 2.45) is 0 Å². The summed E-state index contributed by atoms with van der Waals surface area (Å²) in [7, 11) is 1.67. The maximum Gasteiger partial charge on any atom is 0.277 e. The summed E-state index contributed by atoms with van der Waals surface area (Å²) >= 11 is 1.17. The molecule has 2 aromatic carbocycles. The average molecular weight is 553 g/mol. The van der Waals surface area contributed by atoms with Crippen molar-refractivity contribution in [1.29, 1.82) is 0 Å². The number of unbranched alkanes of at least 4 members (excludes halogenated alkanes) is 1. The molecule has 2 unspecified atom stereocenters. The maximum absolute atomic E-state index is 15.0. The van der Waals surface area contributed by atoms with Crippen molar-refractivity contribution in [2.45, 2.75) is 89.8 Å². The number of alkyl halides is 2. The van der Waals surface area contributed by atoms with Crippen LogP contribution in [0.2, 0.25) is 0 Å². The molecule has 2 fully saturated rings. The van der Waals surface area contributed by atoms with Gasteiger partial charge in [-0.1, -0.05) is 107 Å². The molecule has 0 spiro atoms. The van der Waals surface area contributed by atoms with Crippen molar-refractivity contribution in [1.82, 2.24) is 9.62 Å². The minimum Gasteiger partial charge on any atom is -0.386 e. The van der Waals surface area contributed by atoms with Crippen LogP contribution >= 0.6 is 11.9 Å². The van der Waals surface area contributed by atoms with E-state index in [1.54, 1.807) is 42.5 Å². The highest BCUT2D eigenvalue weighted by Crippen LogP contribution is 2.35. The number of nitrogens with zero attached hydrogens (tertiary/aromatic N) is 1. The second-order valence-electron chi connectivity index (χ2n) is 9.55. The highest BCUT2D eigenvalue weighted by atomic mass is 32.2. The Morgan fingerprint density at radius 3 is 2.13 bits per heavy atom. The minimum absolute atomic E-state index is 0.233. The molecule has 1 aliphatic heterocycles. The third kappa shape index (κ3) is 9.74. The van der Waals surface area contributed by atoms with E-state index in [1.807, 2.05) is 44.2 Å². The molecule has 4 rings (SSSR count). The predicted molar refractivity (Wildman–Crippen MR) is 158 cm³/mol. The van der Waals surface area contributed by atoms with E-state index in [1.165, 1.54) is 24.8 Å². The summed E-state index contributed by atoms with van der Waals surface area (Å²) in [6.45, 7) is 11.5. The number of halogens is 3. The molecular weight excluding hydrogens is 505 g/mol. The highest BCUT2D eigenvalue weighted by Gasteiger charge is 2.53. The summed E-state index contributed by atoms with van der Waals surface area (Å²) in [5.74, 6) is -3.17. The Morgan fingerprint density at radius 1 is 1.08 bits per heavy atom. The second-order valence-corrected chi connectivity index (χ2v) is 10.2. The molecule has 2 atom stereocenters. The number of nitrogens with one attached hydrogen (secondary N) is 1. The first-order valence-electron chi connectivity index (χ1n) is 13.7. The van der Waals surface area contributed by atoms with Crippen LogP contribution < -0.4 is 4.72 Å². The van der Waals surface area contributed by atoms with Crippen molar-refractivity contribution in [3.8, 4) is 11.1 Å². The smallest absolute Gasteiger partial charge is 0.277 e. The molecule has 1 saturated carbocycles. The number of benzene rings is 2. The summed E-state index contributed by atoms with van der Waals surface area (Å²) in [5.41, 5.74) is 1.27. The fourth-order valence-corrected chi connectivity index (χ4v) is 4.78. The third-order valence-electron chi connectivity index (χ3n) is 6.80. The monoisotopic (exact) mass is 552 g/mol. The Balaban J connectivity index is 0.000000460. The van der Waals surface area contributed by atoms with Gasteiger partial charge in [-0.25, -0.2) is 13.2 Å². The number of aliphatic hydroxyl groups is 1.